The molecule has 0 saturated carbocycles. The predicted octanol–water partition coefficient (Wildman–Crippen LogP) is 2.33. The quantitative estimate of drug-likeness (QED) is 0.799. The van der Waals surface area contributed by atoms with Gasteiger partial charge in [-0.2, -0.15) is 5.10 Å². The van der Waals surface area contributed by atoms with Gasteiger partial charge in [0, 0.05) is 18.4 Å². The number of nitrogens with zero attached hydrogens (tertiary/aromatic N) is 2. The molecule has 1 heterocycles. The Morgan fingerprint density at radius 2 is 1.88 bits per heavy atom. The summed E-state index contributed by atoms with van der Waals surface area (Å²) in [4.78, 5) is 24.5. The van der Waals surface area contributed by atoms with Crippen molar-refractivity contribution in [2.24, 2.45) is 5.92 Å². The molecule has 1 aromatic rings. The van der Waals surface area contributed by atoms with Gasteiger partial charge in [-0.05, 0) is 46.1 Å². The Balaban J connectivity index is 2.61. The van der Waals surface area contributed by atoms with E-state index in [1.807, 2.05) is 33.0 Å². The molecular formula is C17H30N4O3. The van der Waals surface area contributed by atoms with E-state index in [-0.39, 0.29) is 17.9 Å². The second kappa shape index (κ2) is 8.70. The molecule has 0 aliphatic carbocycles. The molecule has 7 nitrogen and oxygen atoms in total. The normalized spacial score (nSPS) is 14.1. The summed E-state index contributed by atoms with van der Waals surface area (Å²) in [5.74, 6) is 0.0475. The lowest BCUT2D eigenvalue weighted by molar-refractivity contribution is -0.124. The SMILES string of the molecule is CC(C)C[C@H](NC(=O)OC(C)(C)C)C(=O)N[C@H](C)Cn1cccn1. The van der Waals surface area contributed by atoms with Crippen LogP contribution >= 0.6 is 0 Å². The molecule has 24 heavy (non-hydrogen) atoms. The van der Waals surface area contributed by atoms with Crippen molar-refractivity contribution in [2.45, 2.75) is 72.2 Å². The van der Waals surface area contributed by atoms with Gasteiger partial charge in [0.15, 0.2) is 0 Å². The zero-order valence-electron chi connectivity index (χ0n) is 15.5. The molecule has 7 heteroatoms. The largest absolute Gasteiger partial charge is 0.444 e. The Labute approximate surface area is 144 Å². The second-order valence-corrected chi connectivity index (χ2v) is 7.47. The Morgan fingerprint density at radius 3 is 2.38 bits per heavy atom. The van der Waals surface area contributed by atoms with Crippen molar-refractivity contribution >= 4 is 12.0 Å². The van der Waals surface area contributed by atoms with Gasteiger partial charge in [-0.3, -0.25) is 9.48 Å². The van der Waals surface area contributed by atoms with Crippen LogP contribution in [0.4, 0.5) is 4.79 Å². The van der Waals surface area contributed by atoms with Crippen LogP contribution in [0.25, 0.3) is 0 Å². The van der Waals surface area contributed by atoms with Crippen LogP contribution in [0.3, 0.4) is 0 Å². The highest BCUT2D eigenvalue weighted by Crippen LogP contribution is 2.10. The molecule has 0 bridgehead atoms. The Morgan fingerprint density at radius 1 is 1.21 bits per heavy atom. The molecule has 0 aromatic carbocycles. The zero-order chi connectivity index (χ0) is 18.3. The third-order valence-electron chi connectivity index (χ3n) is 3.12. The van der Waals surface area contributed by atoms with Gasteiger partial charge in [-0.25, -0.2) is 4.79 Å². The van der Waals surface area contributed by atoms with Crippen molar-refractivity contribution in [3.63, 3.8) is 0 Å². The second-order valence-electron chi connectivity index (χ2n) is 7.47. The average molecular weight is 338 g/mol. The number of carbonyl (C=O) groups is 2. The van der Waals surface area contributed by atoms with E-state index in [0.29, 0.717) is 13.0 Å². The van der Waals surface area contributed by atoms with Gasteiger partial charge in [-0.15, -0.1) is 0 Å². The lowest BCUT2D eigenvalue weighted by Crippen LogP contribution is -2.51. The summed E-state index contributed by atoms with van der Waals surface area (Å²) in [5, 5.41) is 9.72. The molecule has 0 spiro atoms. The van der Waals surface area contributed by atoms with Gasteiger partial charge < -0.3 is 15.4 Å². The molecule has 136 valence electrons. The Bertz CT molecular complexity index is 520. The van der Waals surface area contributed by atoms with Crippen molar-refractivity contribution in [1.29, 1.82) is 0 Å². The van der Waals surface area contributed by atoms with Crippen molar-refractivity contribution < 1.29 is 14.3 Å². The van der Waals surface area contributed by atoms with Crippen molar-refractivity contribution in [1.82, 2.24) is 20.4 Å². The number of nitrogens with one attached hydrogen (secondary N) is 2. The summed E-state index contributed by atoms with van der Waals surface area (Å²) in [7, 11) is 0. The summed E-state index contributed by atoms with van der Waals surface area (Å²) < 4.78 is 7.00. The van der Waals surface area contributed by atoms with E-state index in [9.17, 15) is 9.59 Å². The first-order chi connectivity index (χ1) is 11.1. The van der Waals surface area contributed by atoms with E-state index in [0.717, 1.165) is 0 Å². The number of carbonyl (C=O) groups excluding carboxylic acids is 2. The molecule has 2 atom stereocenters. The van der Waals surface area contributed by atoms with E-state index < -0.39 is 17.7 Å². The van der Waals surface area contributed by atoms with Crippen LogP contribution < -0.4 is 10.6 Å². The standard InChI is InChI=1S/C17H30N4O3/c1-12(2)10-14(20-16(23)24-17(4,5)6)15(22)19-13(3)11-21-9-7-8-18-21/h7-9,12-14H,10-11H2,1-6H3,(H,19,22)(H,20,23)/t13-,14+/m1/s1. The summed E-state index contributed by atoms with van der Waals surface area (Å²) in [6.07, 6.45) is 3.50. The molecular weight excluding hydrogens is 308 g/mol. The molecule has 0 fully saturated rings. The maximum absolute atomic E-state index is 12.5. The molecule has 1 rings (SSSR count). The van der Waals surface area contributed by atoms with E-state index >= 15 is 0 Å². The average Bonchev–Trinajstić information content (AvgIpc) is 2.87. The number of hydrogen-bond acceptors (Lipinski definition) is 4. The van der Waals surface area contributed by atoms with Crippen molar-refractivity contribution in [2.75, 3.05) is 0 Å². The minimum absolute atomic E-state index is 0.104. The molecule has 0 saturated heterocycles. The fraction of sp³-hybridized carbons (Fsp3) is 0.706. The first kappa shape index (κ1) is 20.0. The summed E-state index contributed by atoms with van der Waals surface area (Å²) in [6, 6.07) is 1.10. The summed E-state index contributed by atoms with van der Waals surface area (Å²) in [5.41, 5.74) is -0.601. The highest BCUT2D eigenvalue weighted by atomic mass is 16.6. The highest BCUT2D eigenvalue weighted by Gasteiger charge is 2.26. The van der Waals surface area contributed by atoms with Crippen LogP contribution in [0, 0.1) is 5.92 Å². The first-order valence-electron chi connectivity index (χ1n) is 8.34. The minimum atomic E-state index is -0.625. The van der Waals surface area contributed by atoms with Gasteiger partial charge >= 0.3 is 6.09 Å². The van der Waals surface area contributed by atoms with Crippen LogP contribution in [0.5, 0.6) is 0 Å². The number of rotatable bonds is 7. The van der Waals surface area contributed by atoms with Crippen molar-refractivity contribution in [3.05, 3.63) is 18.5 Å². The fourth-order valence-corrected chi connectivity index (χ4v) is 2.23. The third kappa shape index (κ3) is 7.99. The number of aromatic nitrogens is 2. The molecule has 1 aromatic heterocycles. The summed E-state index contributed by atoms with van der Waals surface area (Å²) in [6.45, 7) is 11.8. The lowest BCUT2D eigenvalue weighted by Gasteiger charge is -2.25. The zero-order valence-corrected chi connectivity index (χ0v) is 15.5. The van der Waals surface area contributed by atoms with E-state index in [1.165, 1.54) is 0 Å². The maximum atomic E-state index is 12.5. The number of alkyl carbamates (subject to hydrolysis) is 1. The van der Waals surface area contributed by atoms with Gasteiger partial charge in [-0.1, -0.05) is 13.8 Å². The Hall–Kier alpha value is -2.05. The van der Waals surface area contributed by atoms with E-state index in [1.54, 1.807) is 31.6 Å². The Kier molecular flexibility index (Phi) is 7.25. The molecule has 2 N–H and O–H groups in total. The summed E-state index contributed by atoms with van der Waals surface area (Å²) >= 11 is 0. The first-order valence-corrected chi connectivity index (χ1v) is 8.34. The molecule has 0 radical (unpaired) electrons. The highest BCUT2D eigenvalue weighted by molar-refractivity contribution is 5.85. The van der Waals surface area contributed by atoms with E-state index in [4.69, 9.17) is 4.74 Å². The van der Waals surface area contributed by atoms with Gasteiger partial charge in [0.1, 0.15) is 11.6 Å². The molecule has 0 aliphatic heterocycles. The van der Waals surface area contributed by atoms with E-state index in [2.05, 4.69) is 15.7 Å². The number of amides is 2. The monoisotopic (exact) mass is 338 g/mol. The minimum Gasteiger partial charge on any atom is -0.444 e. The van der Waals surface area contributed by atoms with Crippen molar-refractivity contribution in [3.8, 4) is 0 Å². The van der Waals surface area contributed by atoms with Gasteiger partial charge in [0.05, 0.1) is 6.54 Å². The van der Waals surface area contributed by atoms with Crippen LogP contribution in [0.15, 0.2) is 18.5 Å². The molecule has 0 unspecified atom stereocenters. The van der Waals surface area contributed by atoms with Gasteiger partial charge in [0.2, 0.25) is 5.91 Å². The third-order valence-corrected chi connectivity index (χ3v) is 3.12. The predicted molar refractivity (Wildman–Crippen MR) is 92.4 cm³/mol. The topological polar surface area (TPSA) is 85.2 Å². The smallest absolute Gasteiger partial charge is 0.408 e. The van der Waals surface area contributed by atoms with Crippen LogP contribution in [0.1, 0.15) is 48.0 Å². The van der Waals surface area contributed by atoms with Gasteiger partial charge in [0.25, 0.3) is 0 Å². The fourth-order valence-electron chi connectivity index (χ4n) is 2.23. The van der Waals surface area contributed by atoms with Crippen LogP contribution in [-0.2, 0) is 16.1 Å². The lowest BCUT2D eigenvalue weighted by atomic mass is 10.0. The maximum Gasteiger partial charge on any atom is 0.408 e. The molecule has 2 amide bonds. The van der Waals surface area contributed by atoms with Crippen LogP contribution in [-0.4, -0.2) is 39.5 Å². The number of ether oxygens (including phenoxy) is 1. The molecule has 0 aliphatic rings. The number of hydrogen-bond donors (Lipinski definition) is 2. The van der Waals surface area contributed by atoms with Crippen LogP contribution in [0.2, 0.25) is 0 Å².